The molecule has 1 aromatic carbocycles. The minimum Gasteiger partial charge on any atom is -0.493 e. The molecule has 14 heavy (non-hydrogen) atoms. The Morgan fingerprint density at radius 3 is 2.50 bits per heavy atom. The molecule has 5 heteroatoms. The van der Waals surface area contributed by atoms with Gasteiger partial charge < -0.3 is 10.5 Å². The van der Waals surface area contributed by atoms with E-state index in [1.807, 2.05) is 0 Å². The van der Waals surface area contributed by atoms with Gasteiger partial charge in [-0.1, -0.05) is 0 Å². The van der Waals surface area contributed by atoms with E-state index in [0.717, 1.165) is 6.07 Å². The predicted molar refractivity (Wildman–Crippen MR) is 53.2 cm³/mol. The highest BCUT2D eigenvalue weighted by atomic mass is 79.9. The Morgan fingerprint density at radius 2 is 2.07 bits per heavy atom. The average molecular weight is 266 g/mol. The summed E-state index contributed by atoms with van der Waals surface area (Å²) in [4.78, 5) is 0. The van der Waals surface area contributed by atoms with Crippen LogP contribution in [0.4, 0.5) is 8.78 Å². The lowest BCUT2D eigenvalue weighted by Crippen LogP contribution is -2.11. The van der Waals surface area contributed by atoms with Gasteiger partial charge in [0.05, 0.1) is 17.1 Å². The van der Waals surface area contributed by atoms with Crippen molar-refractivity contribution in [2.45, 2.75) is 13.0 Å². The van der Waals surface area contributed by atoms with Gasteiger partial charge in [-0.2, -0.15) is 0 Å². The Bertz CT molecular complexity index is 355. The van der Waals surface area contributed by atoms with E-state index in [4.69, 9.17) is 10.5 Å². The van der Waals surface area contributed by atoms with E-state index in [9.17, 15) is 8.78 Å². The predicted octanol–water partition coefficient (Wildman–Crippen LogP) is 2.76. The maximum Gasteiger partial charge on any atom is 0.166 e. The van der Waals surface area contributed by atoms with Crippen LogP contribution < -0.4 is 10.5 Å². The summed E-state index contributed by atoms with van der Waals surface area (Å²) in [5, 5.41) is 0. The Labute approximate surface area is 89.2 Å². The fourth-order valence-corrected chi connectivity index (χ4v) is 1.63. The first-order valence-corrected chi connectivity index (χ1v) is 4.75. The molecule has 0 bridgehead atoms. The number of nitrogens with two attached hydrogens (primary N) is 1. The van der Waals surface area contributed by atoms with E-state index in [-0.39, 0.29) is 15.8 Å². The monoisotopic (exact) mass is 265 g/mol. The van der Waals surface area contributed by atoms with Crippen LogP contribution in [0.15, 0.2) is 10.5 Å². The number of ether oxygens (including phenoxy) is 1. The molecule has 1 unspecified atom stereocenters. The molecule has 1 rings (SSSR count). The zero-order valence-electron chi connectivity index (χ0n) is 7.77. The minimum atomic E-state index is -0.631. The first kappa shape index (κ1) is 11.4. The van der Waals surface area contributed by atoms with Crippen LogP contribution in [0.1, 0.15) is 18.5 Å². The molecule has 0 saturated heterocycles. The second-order valence-corrected chi connectivity index (χ2v) is 3.74. The van der Waals surface area contributed by atoms with Crippen LogP contribution in [0.25, 0.3) is 0 Å². The number of hydrogen-bond donors (Lipinski definition) is 1. The lowest BCUT2D eigenvalue weighted by molar-refractivity contribution is 0.372. The van der Waals surface area contributed by atoms with Crippen molar-refractivity contribution < 1.29 is 13.5 Å². The third-order valence-corrected chi connectivity index (χ3v) is 2.40. The molecule has 0 saturated carbocycles. The van der Waals surface area contributed by atoms with Crippen molar-refractivity contribution in [3.05, 3.63) is 27.7 Å². The molecule has 1 atom stereocenters. The van der Waals surface area contributed by atoms with Gasteiger partial charge in [0.1, 0.15) is 5.82 Å². The Kier molecular flexibility index (Phi) is 3.44. The smallest absolute Gasteiger partial charge is 0.166 e. The van der Waals surface area contributed by atoms with Crippen LogP contribution >= 0.6 is 15.9 Å². The first-order chi connectivity index (χ1) is 6.49. The Hall–Kier alpha value is -0.680. The van der Waals surface area contributed by atoms with E-state index < -0.39 is 17.7 Å². The summed E-state index contributed by atoms with van der Waals surface area (Å²) < 4.78 is 31.6. The summed E-state index contributed by atoms with van der Waals surface area (Å²) in [6, 6.07) is 0.386. The van der Waals surface area contributed by atoms with Crippen LogP contribution in [0, 0.1) is 11.6 Å². The molecule has 2 N–H and O–H groups in total. The van der Waals surface area contributed by atoms with Crippen LogP contribution in [-0.4, -0.2) is 7.11 Å². The number of methoxy groups -OCH3 is 1. The van der Waals surface area contributed by atoms with Crippen molar-refractivity contribution in [1.82, 2.24) is 0 Å². The zero-order valence-corrected chi connectivity index (χ0v) is 9.36. The molecule has 0 aliphatic heterocycles. The molecule has 0 amide bonds. The van der Waals surface area contributed by atoms with Crippen LogP contribution in [-0.2, 0) is 0 Å². The molecular formula is C9H10BrF2NO. The second kappa shape index (κ2) is 4.23. The van der Waals surface area contributed by atoms with Crippen LogP contribution in [0.2, 0.25) is 0 Å². The quantitative estimate of drug-likeness (QED) is 0.835. The van der Waals surface area contributed by atoms with Gasteiger partial charge in [0.2, 0.25) is 0 Å². The summed E-state index contributed by atoms with van der Waals surface area (Å²) in [6.07, 6.45) is 0. The highest BCUT2D eigenvalue weighted by Crippen LogP contribution is 2.33. The molecule has 0 fully saturated rings. The molecule has 0 aliphatic carbocycles. The van der Waals surface area contributed by atoms with Crippen LogP contribution in [0.5, 0.6) is 5.75 Å². The summed E-state index contributed by atoms with van der Waals surface area (Å²) in [5.74, 6) is -1.35. The van der Waals surface area contributed by atoms with Gasteiger partial charge in [-0.3, -0.25) is 0 Å². The summed E-state index contributed by atoms with van der Waals surface area (Å²) in [7, 11) is 1.28. The number of benzene rings is 1. The van der Waals surface area contributed by atoms with Crippen molar-refractivity contribution in [3.8, 4) is 5.75 Å². The third-order valence-electron chi connectivity index (χ3n) is 1.82. The third kappa shape index (κ3) is 1.88. The van der Waals surface area contributed by atoms with E-state index in [1.54, 1.807) is 6.92 Å². The Morgan fingerprint density at radius 1 is 1.50 bits per heavy atom. The maximum atomic E-state index is 13.5. The van der Waals surface area contributed by atoms with Crippen molar-refractivity contribution >= 4 is 15.9 Å². The lowest BCUT2D eigenvalue weighted by Gasteiger charge is -2.14. The van der Waals surface area contributed by atoms with E-state index in [0.29, 0.717) is 0 Å². The fourth-order valence-electron chi connectivity index (χ4n) is 1.21. The van der Waals surface area contributed by atoms with Gasteiger partial charge in [-0.25, -0.2) is 8.78 Å². The summed E-state index contributed by atoms with van der Waals surface area (Å²) in [5.41, 5.74) is 5.56. The number of halogens is 3. The number of rotatable bonds is 2. The topological polar surface area (TPSA) is 35.2 Å². The standard InChI is InChI=1S/C9H10BrF2NO/c1-4(13)7-8(12)5(10)3-6(11)9(7)14-2/h3-4H,13H2,1-2H3. The molecule has 0 radical (unpaired) electrons. The SMILES string of the molecule is COc1c(F)cc(Br)c(F)c1C(C)N. The first-order valence-electron chi connectivity index (χ1n) is 3.96. The van der Waals surface area contributed by atoms with Gasteiger partial charge in [0, 0.05) is 6.04 Å². The van der Waals surface area contributed by atoms with Gasteiger partial charge in [-0.05, 0) is 28.9 Å². The van der Waals surface area contributed by atoms with E-state index in [2.05, 4.69) is 15.9 Å². The molecule has 78 valence electrons. The molecule has 0 spiro atoms. The average Bonchev–Trinajstić information content (AvgIpc) is 2.10. The van der Waals surface area contributed by atoms with Crippen molar-refractivity contribution in [3.63, 3.8) is 0 Å². The lowest BCUT2D eigenvalue weighted by atomic mass is 10.1. The molecule has 2 nitrogen and oxygen atoms in total. The van der Waals surface area contributed by atoms with Crippen molar-refractivity contribution in [1.29, 1.82) is 0 Å². The fraction of sp³-hybridized carbons (Fsp3) is 0.333. The highest BCUT2D eigenvalue weighted by molar-refractivity contribution is 9.10. The van der Waals surface area contributed by atoms with Crippen LogP contribution in [0.3, 0.4) is 0 Å². The summed E-state index contributed by atoms with van der Waals surface area (Å²) in [6.45, 7) is 1.56. The highest BCUT2D eigenvalue weighted by Gasteiger charge is 2.20. The second-order valence-electron chi connectivity index (χ2n) is 2.89. The summed E-state index contributed by atoms with van der Waals surface area (Å²) >= 11 is 2.90. The molecule has 0 aromatic heterocycles. The molecule has 1 aromatic rings. The maximum absolute atomic E-state index is 13.5. The van der Waals surface area contributed by atoms with Gasteiger partial charge >= 0.3 is 0 Å². The largest absolute Gasteiger partial charge is 0.493 e. The van der Waals surface area contributed by atoms with Gasteiger partial charge in [0.25, 0.3) is 0 Å². The van der Waals surface area contributed by atoms with Crippen molar-refractivity contribution in [2.75, 3.05) is 7.11 Å². The normalized spacial score (nSPS) is 12.7. The van der Waals surface area contributed by atoms with Gasteiger partial charge in [-0.15, -0.1) is 0 Å². The van der Waals surface area contributed by atoms with E-state index >= 15 is 0 Å². The van der Waals surface area contributed by atoms with Gasteiger partial charge in [0.15, 0.2) is 11.6 Å². The molecule has 0 aliphatic rings. The zero-order chi connectivity index (χ0) is 10.9. The van der Waals surface area contributed by atoms with Crippen molar-refractivity contribution in [2.24, 2.45) is 5.73 Å². The molecule has 0 heterocycles. The van der Waals surface area contributed by atoms with E-state index in [1.165, 1.54) is 7.11 Å². The molecular weight excluding hydrogens is 256 g/mol. The Balaban J connectivity index is 3.48. The number of hydrogen-bond acceptors (Lipinski definition) is 2. The minimum absolute atomic E-state index is 0.0411.